The summed E-state index contributed by atoms with van der Waals surface area (Å²) in [5.41, 5.74) is 7.45. The third-order valence-corrected chi connectivity index (χ3v) is 6.03. The van der Waals surface area contributed by atoms with Crippen LogP contribution < -0.4 is 16.1 Å². The van der Waals surface area contributed by atoms with Crippen molar-refractivity contribution in [3.8, 4) is 0 Å². The molecule has 0 aliphatic carbocycles. The van der Waals surface area contributed by atoms with Crippen molar-refractivity contribution < 1.29 is 24.2 Å². The number of hydroxylamine groups is 1. The minimum Gasteiger partial charge on any atom is -0.481 e. The second-order valence-electron chi connectivity index (χ2n) is 8.90. The molecule has 0 radical (unpaired) electrons. The molecule has 3 heterocycles. The van der Waals surface area contributed by atoms with Crippen LogP contribution in [0.4, 0.5) is 5.69 Å². The molecule has 2 atom stereocenters. The molecule has 0 aromatic heterocycles. The van der Waals surface area contributed by atoms with Gasteiger partial charge in [0.05, 0.1) is 25.5 Å². The van der Waals surface area contributed by atoms with Gasteiger partial charge in [0.2, 0.25) is 5.88 Å². The van der Waals surface area contributed by atoms with Gasteiger partial charge in [-0.15, -0.1) is 0 Å². The highest BCUT2D eigenvalue weighted by Crippen LogP contribution is 2.34. The molecule has 0 amide bonds. The number of esters is 1. The summed E-state index contributed by atoms with van der Waals surface area (Å²) in [6, 6.07) is 6.06. The van der Waals surface area contributed by atoms with Gasteiger partial charge in [0.1, 0.15) is 6.04 Å². The minimum atomic E-state index is -0.247. The Morgan fingerprint density at radius 1 is 1.33 bits per heavy atom. The van der Waals surface area contributed by atoms with Crippen molar-refractivity contribution in [2.75, 3.05) is 25.6 Å². The Balaban J connectivity index is 1.49. The lowest BCUT2D eigenvalue weighted by atomic mass is 9.97. The van der Waals surface area contributed by atoms with Crippen molar-refractivity contribution in [3.63, 3.8) is 0 Å². The SMILES string of the molecule is COC1=CC2=C(c3ccc(N[C@@H]4CC[C@@H](C(=O)OC(C)C)NC4)cc3COCCC2)N(O)N1. The predicted molar refractivity (Wildman–Crippen MR) is 124 cm³/mol. The van der Waals surface area contributed by atoms with Gasteiger partial charge in [-0.1, -0.05) is 6.07 Å². The van der Waals surface area contributed by atoms with Gasteiger partial charge < -0.3 is 24.8 Å². The van der Waals surface area contributed by atoms with Gasteiger partial charge in [0.25, 0.3) is 0 Å². The molecular weight excluding hydrogens is 424 g/mol. The molecule has 1 saturated heterocycles. The normalized spacial score (nSPS) is 23.3. The molecule has 4 rings (SSSR count). The van der Waals surface area contributed by atoms with Crippen LogP contribution in [-0.2, 0) is 25.6 Å². The number of methoxy groups -OCH3 is 1. The molecule has 3 aliphatic heterocycles. The quantitative estimate of drug-likeness (QED) is 0.496. The van der Waals surface area contributed by atoms with E-state index >= 15 is 0 Å². The van der Waals surface area contributed by atoms with Crippen LogP contribution in [0, 0.1) is 0 Å². The first-order valence-corrected chi connectivity index (χ1v) is 11.6. The summed E-state index contributed by atoms with van der Waals surface area (Å²) in [6.07, 6.45) is 5.05. The van der Waals surface area contributed by atoms with Crippen LogP contribution in [0.15, 0.2) is 35.7 Å². The predicted octanol–water partition coefficient (Wildman–Crippen LogP) is 2.89. The number of rotatable bonds is 5. The van der Waals surface area contributed by atoms with E-state index in [-0.39, 0.29) is 24.2 Å². The molecular formula is C24H34N4O5. The number of piperidine rings is 1. The van der Waals surface area contributed by atoms with Crippen LogP contribution in [0.2, 0.25) is 0 Å². The maximum atomic E-state index is 12.1. The molecule has 3 aliphatic rings. The Labute approximate surface area is 194 Å². The van der Waals surface area contributed by atoms with E-state index in [0.717, 1.165) is 53.2 Å². The van der Waals surface area contributed by atoms with Gasteiger partial charge in [0, 0.05) is 36.5 Å². The number of carbonyl (C=O) groups is 1. The monoisotopic (exact) mass is 458 g/mol. The third kappa shape index (κ3) is 5.61. The topological polar surface area (TPSA) is 104 Å². The molecule has 33 heavy (non-hydrogen) atoms. The van der Waals surface area contributed by atoms with E-state index in [9.17, 15) is 10.0 Å². The van der Waals surface area contributed by atoms with Crippen LogP contribution in [-0.4, -0.2) is 54.8 Å². The lowest BCUT2D eigenvalue weighted by Crippen LogP contribution is -2.49. The van der Waals surface area contributed by atoms with Gasteiger partial charge in [-0.3, -0.25) is 10.0 Å². The summed E-state index contributed by atoms with van der Waals surface area (Å²) in [7, 11) is 1.57. The van der Waals surface area contributed by atoms with Crippen LogP contribution in [0.1, 0.15) is 50.7 Å². The fraction of sp³-hybridized carbons (Fsp3) is 0.542. The Morgan fingerprint density at radius 3 is 2.91 bits per heavy atom. The summed E-state index contributed by atoms with van der Waals surface area (Å²) in [6.45, 7) is 5.51. The van der Waals surface area contributed by atoms with Crippen molar-refractivity contribution >= 4 is 17.4 Å². The molecule has 0 bridgehead atoms. The standard InChI is InChI=1S/C24H34N4O5/c1-15(2)33-24(29)21-9-7-19(13-25-21)26-18-6-8-20-17(11-18)14-32-10-4-5-16-12-22(31-3)27-28(30)23(16)20/h6,8,11-12,15,19,21,25-27,30H,4-5,7,9-10,13-14H2,1-3H3/t19-,21+/m1/s1. The zero-order valence-corrected chi connectivity index (χ0v) is 19.5. The molecule has 4 N–H and O–H groups in total. The molecule has 180 valence electrons. The summed E-state index contributed by atoms with van der Waals surface area (Å²) in [5, 5.41) is 18.6. The second-order valence-corrected chi connectivity index (χ2v) is 8.90. The molecule has 1 aromatic rings. The van der Waals surface area contributed by atoms with Crippen molar-refractivity contribution in [1.82, 2.24) is 15.9 Å². The fourth-order valence-corrected chi connectivity index (χ4v) is 4.45. The number of anilines is 1. The van der Waals surface area contributed by atoms with E-state index in [0.29, 0.717) is 31.3 Å². The molecule has 1 aromatic carbocycles. The average Bonchev–Trinajstić information content (AvgIpc) is 2.87. The molecule has 0 unspecified atom stereocenters. The van der Waals surface area contributed by atoms with E-state index in [1.54, 1.807) is 7.11 Å². The van der Waals surface area contributed by atoms with E-state index in [1.165, 1.54) is 0 Å². The van der Waals surface area contributed by atoms with E-state index in [1.807, 2.05) is 32.1 Å². The number of nitrogens with zero attached hydrogens (tertiary/aromatic N) is 1. The highest BCUT2D eigenvalue weighted by molar-refractivity contribution is 5.76. The molecule has 0 saturated carbocycles. The number of carbonyl (C=O) groups excluding carboxylic acids is 1. The second kappa shape index (κ2) is 10.5. The zero-order valence-electron chi connectivity index (χ0n) is 19.5. The number of allylic oxidation sites excluding steroid dienone is 2. The Morgan fingerprint density at radius 2 is 2.18 bits per heavy atom. The molecule has 9 nitrogen and oxygen atoms in total. The van der Waals surface area contributed by atoms with Gasteiger partial charge in [-0.05, 0) is 62.8 Å². The largest absolute Gasteiger partial charge is 0.481 e. The minimum absolute atomic E-state index is 0.105. The first kappa shape index (κ1) is 23.4. The first-order valence-electron chi connectivity index (χ1n) is 11.6. The van der Waals surface area contributed by atoms with Crippen LogP contribution in [0.5, 0.6) is 0 Å². The van der Waals surface area contributed by atoms with Gasteiger partial charge >= 0.3 is 5.97 Å². The number of hydrogen-bond donors (Lipinski definition) is 4. The van der Waals surface area contributed by atoms with Crippen molar-refractivity contribution in [3.05, 3.63) is 46.9 Å². The number of nitrogens with one attached hydrogen (secondary N) is 3. The summed E-state index contributed by atoms with van der Waals surface area (Å²) >= 11 is 0. The van der Waals surface area contributed by atoms with Crippen molar-refractivity contribution in [2.45, 2.75) is 64.3 Å². The molecule has 0 spiro atoms. The lowest BCUT2D eigenvalue weighted by molar-refractivity contribution is -0.150. The first-order chi connectivity index (χ1) is 15.9. The summed E-state index contributed by atoms with van der Waals surface area (Å²) < 4.78 is 16.5. The van der Waals surface area contributed by atoms with E-state index in [2.05, 4.69) is 22.1 Å². The van der Waals surface area contributed by atoms with Crippen LogP contribution >= 0.6 is 0 Å². The summed E-state index contributed by atoms with van der Waals surface area (Å²) in [4.78, 5) is 12.1. The number of fused-ring (bicyclic) bond motifs is 2. The number of benzene rings is 1. The third-order valence-electron chi connectivity index (χ3n) is 6.03. The maximum absolute atomic E-state index is 12.1. The number of ether oxygens (including phenoxy) is 3. The van der Waals surface area contributed by atoms with Crippen LogP contribution in [0.25, 0.3) is 5.70 Å². The Bertz CT molecular complexity index is 921. The van der Waals surface area contributed by atoms with E-state index in [4.69, 9.17) is 14.2 Å². The highest BCUT2D eigenvalue weighted by atomic mass is 16.6. The average molecular weight is 459 g/mol. The number of hydrogen-bond acceptors (Lipinski definition) is 9. The molecule has 9 heteroatoms. The van der Waals surface area contributed by atoms with Crippen molar-refractivity contribution in [2.24, 2.45) is 0 Å². The van der Waals surface area contributed by atoms with Gasteiger partial charge in [-0.25, -0.2) is 5.43 Å². The lowest BCUT2D eigenvalue weighted by Gasteiger charge is -2.31. The van der Waals surface area contributed by atoms with E-state index < -0.39 is 0 Å². The zero-order chi connectivity index (χ0) is 23.4. The highest BCUT2D eigenvalue weighted by Gasteiger charge is 2.28. The van der Waals surface area contributed by atoms with Gasteiger partial charge in [0.15, 0.2) is 0 Å². The maximum Gasteiger partial charge on any atom is 0.323 e. The summed E-state index contributed by atoms with van der Waals surface area (Å²) in [5.74, 6) is 0.318. The Kier molecular flexibility index (Phi) is 7.42. The fourth-order valence-electron chi connectivity index (χ4n) is 4.45. The van der Waals surface area contributed by atoms with Gasteiger partial charge in [-0.2, -0.15) is 5.17 Å². The smallest absolute Gasteiger partial charge is 0.323 e. The van der Waals surface area contributed by atoms with Crippen LogP contribution in [0.3, 0.4) is 0 Å². The Hall–Kier alpha value is -2.75. The molecule has 1 fully saturated rings. The van der Waals surface area contributed by atoms with Crippen molar-refractivity contribution in [1.29, 1.82) is 0 Å². The number of hydrazine groups is 1.